The van der Waals surface area contributed by atoms with Crippen molar-refractivity contribution in [2.24, 2.45) is 0 Å². The molecule has 0 saturated carbocycles. The van der Waals surface area contributed by atoms with Crippen LogP contribution in [0.3, 0.4) is 0 Å². The van der Waals surface area contributed by atoms with E-state index in [1.54, 1.807) is 24.0 Å². The van der Waals surface area contributed by atoms with Gasteiger partial charge >= 0.3 is 0 Å². The molecular weight excluding hydrogens is 447 g/mol. The van der Waals surface area contributed by atoms with Crippen molar-refractivity contribution in [1.29, 1.82) is 0 Å². The van der Waals surface area contributed by atoms with E-state index in [2.05, 4.69) is 0 Å². The Kier molecular flexibility index (Phi) is 6.72. The molecule has 1 aliphatic rings. The lowest BCUT2D eigenvalue weighted by molar-refractivity contribution is -0.140. The number of piperazine rings is 1. The number of fused-ring (bicyclic) bond motifs is 1. The van der Waals surface area contributed by atoms with Crippen LogP contribution < -0.4 is 0 Å². The molecule has 32 heavy (non-hydrogen) atoms. The molecule has 0 aliphatic carbocycles. The van der Waals surface area contributed by atoms with Gasteiger partial charge in [-0.1, -0.05) is 60.5 Å². The van der Waals surface area contributed by atoms with Crippen LogP contribution >= 0.6 is 23.2 Å². The molecule has 2 heterocycles. The zero-order chi connectivity index (χ0) is 22.8. The molecule has 8 heteroatoms. The van der Waals surface area contributed by atoms with Crippen LogP contribution in [0.5, 0.6) is 0 Å². The molecule has 4 rings (SSSR count). The van der Waals surface area contributed by atoms with E-state index in [4.69, 9.17) is 28.2 Å². The second-order valence-electron chi connectivity index (χ2n) is 8.07. The summed E-state index contributed by atoms with van der Waals surface area (Å²) in [5.74, 6) is 0.879. The Morgan fingerprint density at radius 3 is 2.25 bits per heavy atom. The number of nitrogens with zero attached hydrogens (tertiary/aromatic N) is 4. The third-order valence-corrected chi connectivity index (χ3v) is 6.75. The van der Waals surface area contributed by atoms with Gasteiger partial charge < -0.3 is 14.4 Å². The molecular formula is C24H26Cl2N4O2. The largest absolute Gasteiger partial charge is 0.339 e. The minimum absolute atomic E-state index is 0.0374. The molecule has 0 radical (unpaired) electrons. The molecule has 1 fully saturated rings. The molecule has 0 bridgehead atoms. The molecule has 2 amide bonds. The maximum Gasteiger partial charge on any atom is 0.245 e. The minimum Gasteiger partial charge on any atom is -0.339 e. The van der Waals surface area contributed by atoms with Gasteiger partial charge in [0.2, 0.25) is 11.8 Å². The van der Waals surface area contributed by atoms with Crippen LogP contribution in [0.1, 0.15) is 37.7 Å². The van der Waals surface area contributed by atoms with Crippen molar-refractivity contribution in [3.63, 3.8) is 0 Å². The van der Waals surface area contributed by atoms with Crippen LogP contribution in [-0.4, -0.2) is 57.3 Å². The van der Waals surface area contributed by atoms with Crippen molar-refractivity contribution in [2.45, 2.75) is 32.7 Å². The molecule has 3 aromatic rings. The second-order valence-corrected chi connectivity index (χ2v) is 8.89. The molecule has 1 aliphatic heterocycles. The van der Waals surface area contributed by atoms with Gasteiger partial charge in [-0.25, -0.2) is 4.98 Å². The van der Waals surface area contributed by atoms with Crippen molar-refractivity contribution in [3.05, 3.63) is 63.9 Å². The van der Waals surface area contributed by atoms with Gasteiger partial charge in [0.05, 0.1) is 21.1 Å². The Morgan fingerprint density at radius 2 is 1.62 bits per heavy atom. The predicted molar refractivity (Wildman–Crippen MR) is 127 cm³/mol. The van der Waals surface area contributed by atoms with E-state index >= 15 is 0 Å². The number of amides is 2. The average Bonchev–Trinajstić information content (AvgIpc) is 3.11. The van der Waals surface area contributed by atoms with Crippen LogP contribution in [0, 0.1) is 0 Å². The van der Waals surface area contributed by atoms with Gasteiger partial charge in [0.25, 0.3) is 0 Å². The first-order chi connectivity index (χ1) is 15.4. The smallest absolute Gasteiger partial charge is 0.245 e. The van der Waals surface area contributed by atoms with E-state index in [0.717, 1.165) is 22.4 Å². The fourth-order valence-corrected chi connectivity index (χ4v) is 4.63. The highest BCUT2D eigenvalue weighted by Gasteiger charge is 2.31. The quantitative estimate of drug-likeness (QED) is 0.545. The fourth-order valence-electron chi connectivity index (χ4n) is 4.31. The van der Waals surface area contributed by atoms with Crippen molar-refractivity contribution in [3.8, 4) is 0 Å². The molecule has 1 aromatic heterocycles. The summed E-state index contributed by atoms with van der Waals surface area (Å²) >= 11 is 12.6. The van der Waals surface area contributed by atoms with Gasteiger partial charge in [-0.05, 0) is 24.1 Å². The van der Waals surface area contributed by atoms with Crippen molar-refractivity contribution in [2.75, 3.05) is 26.2 Å². The number of rotatable bonds is 5. The highest BCUT2D eigenvalue weighted by molar-refractivity contribution is 6.42. The molecule has 6 nitrogen and oxygen atoms in total. The topological polar surface area (TPSA) is 58.4 Å². The molecule has 2 aromatic carbocycles. The number of benzene rings is 2. The summed E-state index contributed by atoms with van der Waals surface area (Å²) in [4.78, 5) is 33.7. The van der Waals surface area contributed by atoms with Crippen LogP contribution in [0.15, 0.2) is 42.5 Å². The Hall–Kier alpha value is -2.57. The van der Waals surface area contributed by atoms with E-state index in [-0.39, 0.29) is 11.8 Å². The van der Waals surface area contributed by atoms with Gasteiger partial charge in [0, 0.05) is 39.5 Å². The maximum absolute atomic E-state index is 13.6. The Balaban J connectivity index is 1.73. The molecule has 1 atom stereocenters. The zero-order valence-corrected chi connectivity index (χ0v) is 19.7. The molecule has 0 unspecified atom stereocenters. The van der Waals surface area contributed by atoms with Crippen LogP contribution in [-0.2, 0) is 16.0 Å². The molecule has 0 spiro atoms. The van der Waals surface area contributed by atoms with Gasteiger partial charge in [0.15, 0.2) is 0 Å². The summed E-state index contributed by atoms with van der Waals surface area (Å²) < 4.78 is 2.02. The van der Waals surface area contributed by atoms with Crippen molar-refractivity contribution >= 4 is 46.0 Å². The lowest BCUT2D eigenvalue weighted by Crippen LogP contribution is -2.51. The number of aromatic nitrogens is 2. The number of carbonyl (C=O) groups excluding carboxylic acids is 2. The van der Waals surface area contributed by atoms with Gasteiger partial charge in [-0.3, -0.25) is 9.59 Å². The Morgan fingerprint density at radius 1 is 1.00 bits per heavy atom. The van der Waals surface area contributed by atoms with E-state index in [0.29, 0.717) is 49.1 Å². The number of carbonyl (C=O) groups is 2. The second kappa shape index (κ2) is 9.51. The molecule has 1 saturated heterocycles. The first-order valence-electron chi connectivity index (χ1n) is 10.8. The van der Waals surface area contributed by atoms with E-state index in [1.807, 2.05) is 46.7 Å². The van der Waals surface area contributed by atoms with Gasteiger partial charge in [-0.15, -0.1) is 0 Å². The summed E-state index contributed by atoms with van der Waals surface area (Å²) in [7, 11) is 0. The van der Waals surface area contributed by atoms with Crippen LogP contribution in [0.25, 0.3) is 11.0 Å². The Labute approximate surface area is 197 Å². The number of hydrogen-bond acceptors (Lipinski definition) is 3. The number of imidazole rings is 1. The number of hydrogen-bond donors (Lipinski definition) is 0. The van der Waals surface area contributed by atoms with Crippen LogP contribution in [0.4, 0.5) is 0 Å². The maximum atomic E-state index is 13.6. The first-order valence-corrected chi connectivity index (χ1v) is 11.6. The Bertz CT molecular complexity index is 1140. The minimum atomic E-state index is -0.417. The average molecular weight is 473 g/mol. The highest BCUT2D eigenvalue weighted by Crippen LogP contribution is 2.32. The summed E-state index contributed by atoms with van der Waals surface area (Å²) in [6, 6.07) is 13.2. The predicted octanol–water partition coefficient (Wildman–Crippen LogP) is 4.58. The van der Waals surface area contributed by atoms with Gasteiger partial charge in [-0.2, -0.15) is 0 Å². The third-order valence-electron chi connectivity index (χ3n) is 6.03. The lowest BCUT2D eigenvalue weighted by Gasteiger charge is -2.36. The van der Waals surface area contributed by atoms with Crippen LogP contribution in [0.2, 0.25) is 10.0 Å². The van der Waals surface area contributed by atoms with E-state index in [1.165, 1.54) is 0 Å². The highest BCUT2D eigenvalue weighted by atomic mass is 35.5. The van der Waals surface area contributed by atoms with Crippen molar-refractivity contribution in [1.82, 2.24) is 19.4 Å². The SMILES string of the molecule is CC[C@@H](C(=O)N1CCN(C(C)=O)CC1)n1c(Cc2ccccc2)nc2cc(Cl)c(Cl)cc21. The summed E-state index contributed by atoms with van der Waals surface area (Å²) in [6.07, 6.45) is 1.20. The zero-order valence-electron chi connectivity index (χ0n) is 18.2. The van der Waals surface area contributed by atoms with E-state index < -0.39 is 6.04 Å². The lowest BCUT2D eigenvalue weighted by atomic mass is 10.1. The summed E-state index contributed by atoms with van der Waals surface area (Å²) in [6.45, 7) is 5.74. The molecule has 0 N–H and O–H groups in total. The third kappa shape index (κ3) is 4.48. The fraction of sp³-hybridized carbons (Fsp3) is 0.375. The number of halogens is 2. The van der Waals surface area contributed by atoms with E-state index in [9.17, 15) is 9.59 Å². The monoisotopic (exact) mass is 472 g/mol. The van der Waals surface area contributed by atoms with Gasteiger partial charge in [0.1, 0.15) is 11.9 Å². The standard InChI is InChI=1S/C24H26Cl2N4O2/c1-3-21(24(32)29-11-9-28(10-12-29)16(2)31)30-22-15-19(26)18(25)14-20(22)27-23(30)13-17-7-5-4-6-8-17/h4-8,14-15,21H,3,9-13H2,1-2H3/t21-/m0/s1. The first kappa shape index (κ1) is 22.6. The summed E-state index contributed by atoms with van der Waals surface area (Å²) in [5, 5.41) is 0.874. The molecule has 168 valence electrons. The summed E-state index contributed by atoms with van der Waals surface area (Å²) in [5.41, 5.74) is 2.63. The van der Waals surface area contributed by atoms with Crippen molar-refractivity contribution < 1.29 is 9.59 Å². The normalized spacial score (nSPS) is 15.2.